The number of nitrogens with zero attached hydrogens (tertiary/aromatic N) is 2. The Kier molecular flexibility index (Phi) is 4.77. The van der Waals surface area contributed by atoms with Crippen LogP contribution in [-0.2, 0) is 0 Å². The molecule has 0 bridgehead atoms. The van der Waals surface area contributed by atoms with E-state index in [1.807, 2.05) is 13.1 Å². The highest BCUT2D eigenvalue weighted by molar-refractivity contribution is 5.48. The molecular weight excluding hydrogens is 241 g/mol. The van der Waals surface area contributed by atoms with E-state index in [-0.39, 0.29) is 5.82 Å². The van der Waals surface area contributed by atoms with Gasteiger partial charge in [0, 0.05) is 31.9 Å². The van der Waals surface area contributed by atoms with Gasteiger partial charge in [-0.05, 0) is 38.2 Å². The van der Waals surface area contributed by atoms with Crippen molar-refractivity contribution in [1.82, 2.24) is 10.2 Å². The normalized spacial score (nSPS) is 25.4. The number of anilines is 1. The summed E-state index contributed by atoms with van der Waals surface area (Å²) in [5, 5.41) is 3.25. The highest BCUT2D eigenvalue weighted by Gasteiger charge is 2.26. The first-order valence-corrected chi connectivity index (χ1v) is 6.95. The highest BCUT2D eigenvalue weighted by Crippen LogP contribution is 2.22. The molecule has 19 heavy (non-hydrogen) atoms. The molecule has 4 heteroatoms. The van der Waals surface area contributed by atoms with Gasteiger partial charge in [-0.2, -0.15) is 0 Å². The summed E-state index contributed by atoms with van der Waals surface area (Å²) in [5.41, 5.74) is 0.988. The maximum atomic E-state index is 13.5. The quantitative estimate of drug-likeness (QED) is 0.899. The Labute approximate surface area is 115 Å². The summed E-state index contributed by atoms with van der Waals surface area (Å²) in [7, 11) is 4.13. The number of hydrogen-bond donors (Lipinski definition) is 1. The van der Waals surface area contributed by atoms with Crippen molar-refractivity contribution in [2.24, 2.45) is 5.92 Å². The summed E-state index contributed by atoms with van der Waals surface area (Å²) >= 11 is 0. The van der Waals surface area contributed by atoms with Gasteiger partial charge >= 0.3 is 0 Å². The standard InChI is InChI=1S/C15H24FN3/c1-12-9-18(3)11-15(8-17-2)19(10-12)14-6-4-5-13(16)7-14/h4-7,12,15,17H,8-11H2,1-3H3. The van der Waals surface area contributed by atoms with E-state index in [9.17, 15) is 4.39 Å². The van der Waals surface area contributed by atoms with E-state index in [4.69, 9.17) is 0 Å². The van der Waals surface area contributed by atoms with Gasteiger partial charge in [-0.1, -0.05) is 13.0 Å². The summed E-state index contributed by atoms with van der Waals surface area (Å²) < 4.78 is 13.5. The molecular formula is C15H24FN3. The number of likely N-dealkylation sites (N-methyl/N-ethyl adjacent to an activating group) is 2. The van der Waals surface area contributed by atoms with Gasteiger partial charge in [0.2, 0.25) is 0 Å². The van der Waals surface area contributed by atoms with Crippen molar-refractivity contribution in [2.45, 2.75) is 13.0 Å². The fraction of sp³-hybridized carbons (Fsp3) is 0.600. The molecule has 1 N–H and O–H groups in total. The zero-order valence-electron chi connectivity index (χ0n) is 12.1. The molecule has 1 aliphatic heterocycles. The average molecular weight is 265 g/mol. The van der Waals surface area contributed by atoms with E-state index in [1.54, 1.807) is 12.1 Å². The molecule has 0 radical (unpaired) electrons. The predicted octanol–water partition coefficient (Wildman–Crippen LogP) is 1.80. The summed E-state index contributed by atoms with van der Waals surface area (Å²) in [6, 6.07) is 7.32. The fourth-order valence-corrected chi connectivity index (χ4v) is 2.99. The Morgan fingerprint density at radius 1 is 1.32 bits per heavy atom. The molecule has 2 unspecified atom stereocenters. The number of hydrogen-bond acceptors (Lipinski definition) is 3. The molecule has 2 rings (SSSR count). The van der Waals surface area contributed by atoms with Gasteiger partial charge in [0.25, 0.3) is 0 Å². The van der Waals surface area contributed by atoms with Crippen LogP contribution in [0.25, 0.3) is 0 Å². The Morgan fingerprint density at radius 3 is 2.79 bits per heavy atom. The van der Waals surface area contributed by atoms with Gasteiger partial charge in [-0.15, -0.1) is 0 Å². The van der Waals surface area contributed by atoms with Gasteiger partial charge in [0.1, 0.15) is 5.82 Å². The number of rotatable bonds is 3. The molecule has 2 atom stereocenters. The summed E-state index contributed by atoms with van der Waals surface area (Å²) in [6.07, 6.45) is 0. The van der Waals surface area contributed by atoms with Crippen LogP contribution in [0.3, 0.4) is 0 Å². The van der Waals surface area contributed by atoms with Crippen LogP contribution in [0.5, 0.6) is 0 Å². The van der Waals surface area contributed by atoms with Crippen LogP contribution >= 0.6 is 0 Å². The minimum absolute atomic E-state index is 0.161. The van der Waals surface area contributed by atoms with Crippen LogP contribution in [-0.4, -0.2) is 51.2 Å². The molecule has 1 aromatic carbocycles. The zero-order valence-corrected chi connectivity index (χ0v) is 12.1. The van der Waals surface area contributed by atoms with Crippen molar-refractivity contribution < 1.29 is 4.39 Å². The minimum Gasteiger partial charge on any atom is -0.366 e. The first-order valence-electron chi connectivity index (χ1n) is 6.95. The third-order valence-electron chi connectivity index (χ3n) is 3.67. The van der Waals surface area contributed by atoms with Crippen molar-refractivity contribution in [1.29, 1.82) is 0 Å². The first-order chi connectivity index (χ1) is 9.10. The van der Waals surface area contributed by atoms with E-state index in [1.165, 1.54) is 6.07 Å². The summed E-state index contributed by atoms with van der Waals surface area (Å²) in [5.74, 6) is 0.418. The van der Waals surface area contributed by atoms with Crippen LogP contribution in [0.4, 0.5) is 10.1 Å². The van der Waals surface area contributed by atoms with Crippen LogP contribution in [0, 0.1) is 11.7 Å². The van der Waals surface area contributed by atoms with Gasteiger partial charge < -0.3 is 15.1 Å². The maximum absolute atomic E-state index is 13.5. The molecule has 1 fully saturated rings. The molecule has 0 aromatic heterocycles. The molecule has 0 amide bonds. The average Bonchev–Trinajstić information content (AvgIpc) is 2.48. The largest absolute Gasteiger partial charge is 0.366 e. The first kappa shape index (κ1) is 14.3. The lowest BCUT2D eigenvalue weighted by Crippen LogP contribution is -2.46. The van der Waals surface area contributed by atoms with E-state index in [2.05, 4.69) is 29.1 Å². The predicted molar refractivity (Wildman–Crippen MR) is 78.1 cm³/mol. The van der Waals surface area contributed by atoms with Crippen molar-refractivity contribution in [3.63, 3.8) is 0 Å². The summed E-state index contributed by atoms with van der Waals surface area (Å²) in [4.78, 5) is 4.71. The topological polar surface area (TPSA) is 18.5 Å². The second-order valence-electron chi connectivity index (χ2n) is 5.67. The Morgan fingerprint density at radius 2 is 2.11 bits per heavy atom. The molecule has 1 heterocycles. The van der Waals surface area contributed by atoms with Gasteiger partial charge in [0.05, 0.1) is 6.04 Å². The van der Waals surface area contributed by atoms with Crippen molar-refractivity contribution in [3.8, 4) is 0 Å². The van der Waals surface area contributed by atoms with Gasteiger partial charge in [0.15, 0.2) is 0 Å². The van der Waals surface area contributed by atoms with Crippen molar-refractivity contribution in [2.75, 3.05) is 45.2 Å². The molecule has 0 saturated carbocycles. The van der Waals surface area contributed by atoms with Gasteiger partial charge in [-0.25, -0.2) is 4.39 Å². The monoisotopic (exact) mass is 265 g/mol. The number of halogens is 1. The molecule has 1 aromatic rings. The maximum Gasteiger partial charge on any atom is 0.125 e. The zero-order chi connectivity index (χ0) is 13.8. The van der Waals surface area contributed by atoms with Crippen molar-refractivity contribution in [3.05, 3.63) is 30.1 Å². The number of benzene rings is 1. The highest BCUT2D eigenvalue weighted by atomic mass is 19.1. The second kappa shape index (κ2) is 6.35. The van der Waals surface area contributed by atoms with Crippen LogP contribution in [0.2, 0.25) is 0 Å². The second-order valence-corrected chi connectivity index (χ2v) is 5.67. The lowest BCUT2D eigenvalue weighted by atomic mass is 10.1. The van der Waals surface area contributed by atoms with E-state index < -0.39 is 0 Å². The molecule has 1 saturated heterocycles. The molecule has 106 valence electrons. The van der Waals surface area contributed by atoms with E-state index >= 15 is 0 Å². The lowest BCUT2D eigenvalue weighted by Gasteiger charge is -2.33. The minimum atomic E-state index is -0.161. The fourth-order valence-electron chi connectivity index (χ4n) is 2.99. The van der Waals surface area contributed by atoms with Crippen LogP contribution < -0.4 is 10.2 Å². The Hall–Kier alpha value is -1.13. The van der Waals surface area contributed by atoms with E-state index in [0.717, 1.165) is 31.9 Å². The Balaban J connectivity index is 2.26. The molecule has 0 aliphatic carbocycles. The SMILES string of the molecule is CNCC1CN(C)CC(C)CN1c1cccc(F)c1. The van der Waals surface area contributed by atoms with Crippen molar-refractivity contribution >= 4 is 5.69 Å². The third-order valence-corrected chi connectivity index (χ3v) is 3.67. The third kappa shape index (κ3) is 3.67. The van der Waals surface area contributed by atoms with Gasteiger partial charge in [-0.3, -0.25) is 0 Å². The number of nitrogens with one attached hydrogen (secondary N) is 1. The molecule has 3 nitrogen and oxygen atoms in total. The Bertz CT molecular complexity index is 410. The molecule has 0 spiro atoms. The molecule has 1 aliphatic rings. The summed E-state index contributed by atoms with van der Waals surface area (Å²) in [6.45, 7) is 6.23. The van der Waals surface area contributed by atoms with E-state index in [0.29, 0.717) is 12.0 Å². The smallest absolute Gasteiger partial charge is 0.125 e. The van der Waals surface area contributed by atoms with Crippen LogP contribution in [0.15, 0.2) is 24.3 Å². The van der Waals surface area contributed by atoms with Crippen LogP contribution in [0.1, 0.15) is 6.92 Å². The lowest BCUT2D eigenvalue weighted by molar-refractivity contribution is 0.302.